The smallest absolute Gasteiger partial charge is 0.126 e. The molecule has 0 N–H and O–H groups in total. The predicted molar refractivity (Wildman–Crippen MR) is 60.6 cm³/mol. The van der Waals surface area contributed by atoms with Crippen LogP contribution in [0.15, 0.2) is 18.2 Å². The molecule has 0 amide bonds. The van der Waals surface area contributed by atoms with Crippen LogP contribution in [0.5, 0.6) is 0 Å². The number of halogens is 1. The number of aryl methyl sites for hydroxylation is 1. The van der Waals surface area contributed by atoms with Gasteiger partial charge in [-0.25, -0.2) is 4.39 Å². The number of hydrogen-bond acceptors (Lipinski definition) is 2. The first kappa shape index (κ1) is 10.4. The van der Waals surface area contributed by atoms with Crippen molar-refractivity contribution in [2.45, 2.75) is 13.3 Å². The lowest BCUT2D eigenvalue weighted by atomic mass is 10.1. The van der Waals surface area contributed by atoms with Crippen LogP contribution in [0, 0.1) is 5.82 Å². The molecule has 1 aliphatic heterocycles. The molecule has 0 aliphatic carbocycles. The number of rotatable bonds is 2. The fraction of sp³-hybridized carbons (Fsp3) is 0.500. The van der Waals surface area contributed by atoms with Crippen LogP contribution in [-0.2, 0) is 6.42 Å². The molecule has 2 rings (SSSR count). The average Bonchev–Trinajstić information content (AvgIpc) is 2.66. The minimum atomic E-state index is -0.0891. The Bertz CT molecular complexity index is 351. The molecule has 0 spiro atoms. The van der Waals surface area contributed by atoms with Crippen LogP contribution >= 0.6 is 0 Å². The largest absolute Gasteiger partial charge is 0.357 e. The van der Waals surface area contributed by atoms with Gasteiger partial charge in [0.1, 0.15) is 5.82 Å². The van der Waals surface area contributed by atoms with E-state index in [-0.39, 0.29) is 5.82 Å². The summed E-state index contributed by atoms with van der Waals surface area (Å²) in [6.07, 6.45) is 0.753. The summed E-state index contributed by atoms with van der Waals surface area (Å²) in [7, 11) is 2.10. The van der Waals surface area contributed by atoms with E-state index in [1.807, 2.05) is 19.1 Å². The van der Waals surface area contributed by atoms with Crippen molar-refractivity contribution in [3.8, 4) is 0 Å². The minimum Gasteiger partial charge on any atom is -0.357 e. The van der Waals surface area contributed by atoms with E-state index in [2.05, 4.69) is 16.8 Å². The Hall–Kier alpha value is -1.09. The summed E-state index contributed by atoms with van der Waals surface area (Å²) in [5.41, 5.74) is 1.94. The zero-order valence-corrected chi connectivity index (χ0v) is 9.33. The highest BCUT2D eigenvalue weighted by atomic mass is 19.1. The number of nitrogens with zero attached hydrogens (tertiary/aromatic N) is 2. The van der Waals surface area contributed by atoms with Crippen molar-refractivity contribution < 1.29 is 4.39 Å². The van der Waals surface area contributed by atoms with E-state index in [0.717, 1.165) is 37.4 Å². The normalized spacial score (nSPS) is 17.4. The van der Waals surface area contributed by atoms with Gasteiger partial charge in [0.05, 0.1) is 6.67 Å². The molecule has 1 aromatic carbocycles. The molecule has 1 aliphatic rings. The predicted octanol–water partition coefficient (Wildman–Crippen LogP) is 2.10. The van der Waals surface area contributed by atoms with Crippen molar-refractivity contribution in [1.82, 2.24) is 4.90 Å². The Balaban J connectivity index is 2.21. The van der Waals surface area contributed by atoms with Gasteiger partial charge in [0, 0.05) is 18.8 Å². The zero-order valence-electron chi connectivity index (χ0n) is 9.33. The van der Waals surface area contributed by atoms with E-state index < -0.39 is 0 Å². The molecule has 1 heterocycles. The molecule has 3 heteroatoms. The Labute approximate surface area is 90.3 Å². The van der Waals surface area contributed by atoms with Gasteiger partial charge in [0.25, 0.3) is 0 Å². The Morgan fingerprint density at radius 2 is 2.13 bits per heavy atom. The maximum absolute atomic E-state index is 13.3. The molecule has 2 nitrogen and oxygen atoms in total. The van der Waals surface area contributed by atoms with Gasteiger partial charge in [0.2, 0.25) is 0 Å². The summed E-state index contributed by atoms with van der Waals surface area (Å²) in [6.45, 7) is 5.04. The van der Waals surface area contributed by atoms with E-state index in [1.54, 1.807) is 6.07 Å². The summed E-state index contributed by atoms with van der Waals surface area (Å²) in [5, 5.41) is 0. The second-order valence-electron chi connectivity index (χ2n) is 4.11. The lowest BCUT2D eigenvalue weighted by Crippen LogP contribution is -2.22. The Morgan fingerprint density at radius 3 is 2.73 bits per heavy atom. The van der Waals surface area contributed by atoms with Crippen LogP contribution in [0.1, 0.15) is 12.5 Å². The van der Waals surface area contributed by atoms with Crippen molar-refractivity contribution >= 4 is 5.69 Å². The number of hydrogen-bond donors (Lipinski definition) is 0. The Kier molecular flexibility index (Phi) is 2.91. The highest BCUT2D eigenvalue weighted by Gasteiger charge is 2.17. The van der Waals surface area contributed by atoms with Crippen molar-refractivity contribution in [2.24, 2.45) is 0 Å². The maximum atomic E-state index is 13.3. The minimum absolute atomic E-state index is 0.0891. The summed E-state index contributed by atoms with van der Waals surface area (Å²) in [6, 6.07) is 5.41. The van der Waals surface area contributed by atoms with Gasteiger partial charge in [0.15, 0.2) is 0 Å². The molecule has 0 unspecified atom stereocenters. The molecule has 82 valence electrons. The second-order valence-corrected chi connectivity index (χ2v) is 4.11. The molecule has 1 fully saturated rings. The first-order chi connectivity index (χ1) is 7.20. The van der Waals surface area contributed by atoms with Gasteiger partial charge in [-0.3, -0.25) is 4.90 Å². The van der Waals surface area contributed by atoms with Crippen molar-refractivity contribution in [2.75, 3.05) is 31.7 Å². The standard InChI is InChI=1S/C12H17FN2/c1-3-10-8-11(4-5-12(10)13)15-7-6-14(2)9-15/h4-5,8H,3,6-7,9H2,1-2H3. The summed E-state index contributed by atoms with van der Waals surface area (Å²) in [5.74, 6) is -0.0891. The van der Waals surface area contributed by atoms with Gasteiger partial charge in [-0.1, -0.05) is 6.92 Å². The molecule has 0 aromatic heterocycles. The molecular formula is C12H17FN2. The molecule has 0 bridgehead atoms. The van der Waals surface area contributed by atoms with Crippen molar-refractivity contribution in [1.29, 1.82) is 0 Å². The molecule has 1 aromatic rings. The first-order valence-electron chi connectivity index (χ1n) is 5.42. The molecule has 0 saturated carbocycles. The fourth-order valence-electron chi connectivity index (χ4n) is 1.96. The highest BCUT2D eigenvalue weighted by Crippen LogP contribution is 2.21. The third kappa shape index (κ3) is 2.12. The van der Waals surface area contributed by atoms with Crippen molar-refractivity contribution in [3.63, 3.8) is 0 Å². The molecule has 15 heavy (non-hydrogen) atoms. The summed E-state index contributed by atoms with van der Waals surface area (Å²) in [4.78, 5) is 4.54. The van der Waals surface area contributed by atoms with Crippen LogP contribution < -0.4 is 4.90 Å². The highest BCUT2D eigenvalue weighted by molar-refractivity contribution is 5.49. The van der Waals surface area contributed by atoms with Crippen LogP contribution in [0.3, 0.4) is 0 Å². The number of likely N-dealkylation sites (N-methyl/N-ethyl adjacent to an activating group) is 1. The lowest BCUT2D eigenvalue weighted by Gasteiger charge is -2.18. The molecule has 0 radical (unpaired) electrons. The lowest BCUT2D eigenvalue weighted by molar-refractivity contribution is 0.421. The van der Waals surface area contributed by atoms with Gasteiger partial charge in [-0.2, -0.15) is 0 Å². The molecule has 1 saturated heterocycles. The third-order valence-corrected chi connectivity index (χ3v) is 2.94. The van der Waals surface area contributed by atoms with Crippen LogP contribution in [0.2, 0.25) is 0 Å². The Morgan fingerprint density at radius 1 is 1.33 bits per heavy atom. The summed E-state index contributed by atoms with van der Waals surface area (Å²) >= 11 is 0. The van der Waals surface area contributed by atoms with Crippen LogP contribution in [-0.4, -0.2) is 31.7 Å². The van der Waals surface area contributed by atoms with E-state index in [9.17, 15) is 4.39 Å². The second kappa shape index (κ2) is 4.19. The van der Waals surface area contributed by atoms with E-state index in [0.29, 0.717) is 0 Å². The van der Waals surface area contributed by atoms with E-state index in [4.69, 9.17) is 0 Å². The van der Waals surface area contributed by atoms with Gasteiger partial charge in [-0.15, -0.1) is 0 Å². The molecular weight excluding hydrogens is 191 g/mol. The van der Waals surface area contributed by atoms with Crippen LogP contribution in [0.4, 0.5) is 10.1 Å². The first-order valence-corrected chi connectivity index (χ1v) is 5.42. The summed E-state index contributed by atoms with van der Waals surface area (Å²) < 4.78 is 13.3. The van der Waals surface area contributed by atoms with Crippen LogP contribution in [0.25, 0.3) is 0 Å². The van der Waals surface area contributed by atoms with Crippen molar-refractivity contribution in [3.05, 3.63) is 29.6 Å². The fourth-order valence-corrected chi connectivity index (χ4v) is 1.96. The maximum Gasteiger partial charge on any atom is 0.126 e. The quantitative estimate of drug-likeness (QED) is 0.734. The van der Waals surface area contributed by atoms with Gasteiger partial charge >= 0.3 is 0 Å². The number of benzene rings is 1. The van der Waals surface area contributed by atoms with Gasteiger partial charge in [-0.05, 0) is 37.2 Å². The van der Waals surface area contributed by atoms with E-state index in [1.165, 1.54) is 0 Å². The van der Waals surface area contributed by atoms with E-state index >= 15 is 0 Å². The zero-order chi connectivity index (χ0) is 10.8. The number of anilines is 1. The average molecular weight is 208 g/mol. The third-order valence-electron chi connectivity index (χ3n) is 2.94. The SMILES string of the molecule is CCc1cc(N2CCN(C)C2)ccc1F. The monoisotopic (exact) mass is 208 g/mol. The molecule has 0 atom stereocenters. The van der Waals surface area contributed by atoms with Gasteiger partial charge < -0.3 is 4.90 Å². The topological polar surface area (TPSA) is 6.48 Å².